The van der Waals surface area contributed by atoms with Crippen LogP contribution in [0, 0.1) is 0 Å². The van der Waals surface area contributed by atoms with Crippen LogP contribution in [-0.4, -0.2) is 31.2 Å². The maximum atomic E-state index is 10.9. The van der Waals surface area contributed by atoms with Crippen molar-refractivity contribution in [3.05, 3.63) is 34.9 Å². The predicted octanol–water partition coefficient (Wildman–Crippen LogP) is 1.30. The molecule has 2 aromatic heterocycles. The zero-order chi connectivity index (χ0) is 13.0. The fourth-order valence-electron chi connectivity index (χ4n) is 1.42. The van der Waals surface area contributed by atoms with E-state index < -0.39 is 10.0 Å². The molecule has 0 radical (unpaired) electrons. The first-order valence-electron chi connectivity index (χ1n) is 5.34. The van der Waals surface area contributed by atoms with Gasteiger partial charge in [0.05, 0.1) is 17.0 Å². The zero-order valence-electron chi connectivity index (χ0n) is 9.83. The summed E-state index contributed by atoms with van der Waals surface area (Å²) < 4.78 is 24.3. The summed E-state index contributed by atoms with van der Waals surface area (Å²) in [7, 11) is -3.12. The van der Waals surface area contributed by atoms with Crippen molar-refractivity contribution >= 4 is 21.4 Å². The monoisotopic (exact) mass is 283 g/mol. The van der Waals surface area contributed by atoms with Gasteiger partial charge in [0.1, 0.15) is 0 Å². The second-order valence-corrected chi connectivity index (χ2v) is 6.55. The third-order valence-electron chi connectivity index (χ3n) is 2.23. The van der Waals surface area contributed by atoms with E-state index in [2.05, 4.69) is 14.7 Å². The normalized spacial score (nSPS) is 11.6. The Kier molecular flexibility index (Phi) is 4.05. The maximum absolute atomic E-state index is 10.9. The summed E-state index contributed by atoms with van der Waals surface area (Å²) in [5, 5.41) is 2.88. The zero-order valence-corrected chi connectivity index (χ0v) is 11.5. The molecule has 0 atom stereocenters. The minimum Gasteiger partial charge on any atom is -0.265 e. The molecule has 0 fully saturated rings. The van der Waals surface area contributed by atoms with Gasteiger partial charge in [-0.3, -0.25) is 4.98 Å². The maximum Gasteiger partial charge on any atom is 0.208 e. The number of hydrogen-bond donors (Lipinski definition) is 1. The smallest absolute Gasteiger partial charge is 0.208 e. The number of pyridine rings is 1. The van der Waals surface area contributed by atoms with E-state index in [0.29, 0.717) is 13.0 Å². The van der Waals surface area contributed by atoms with Crippen LogP contribution < -0.4 is 4.72 Å². The molecular formula is C11H13N3O2S2. The first-order chi connectivity index (χ1) is 8.54. The van der Waals surface area contributed by atoms with Crippen molar-refractivity contribution < 1.29 is 8.42 Å². The van der Waals surface area contributed by atoms with Gasteiger partial charge in [0.25, 0.3) is 0 Å². The average Bonchev–Trinajstić information content (AvgIpc) is 2.77. The number of sulfonamides is 1. The number of aromatic nitrogens is 2. The fourth-order valence-corrected chi connectivity index (χ4v) is 2.70. The first-order valence-corrected chi connectivity index (χ1v) is 8.11. The largest absolute Gasteiger partial charge is 0.265 e. The molecule has 2 aromatic rings. The van der Waals surface area contributed by atoms with Crippen molar-refractivity contribution in [3.63, 3.8) is 0 Å². The van der Waals surface area contributed by atoms with Crippen LogP contribution in [0.25, 0.3) is 11.3 Å². The van der Waals surface area contributed by atoms with Gasteiger partial charge in [0.2, 0.25) is 10.0 Å². The van der Waals surface area contributed by atoms with Crippen LogP contribution in [0.1, 0.15) is 5.01 Å². The molecule has 0 saturated heterocycles. The summed E-state index contributed by atoms with van der Waals surface area (Å²) in [6.07, 6.45) is 5.19. The van der Waals surface area contributed by atoms with Crippen molar-refractivity contribution in [2.45, 2.75) is 6.42 Å². The van der Waals surface area contributed by atoms with Gasteiger partial charge >= 0.3 is 0 Å². The van der Waals surface area contributed by atoms with Crippen molar-refractivity contribution in [1.82, 2.24) is 14.7 Å². The highest BCUT2D eigenvalue weighted by molar-refractivity contribution is 7.88. The number of rotatable bonds is 5. The Balaban J connectivity index is 1.99. The lowest BCUT2D eigenvalue weighted by atomic mass is 10.2. The molecule has 5 nitrogen and oxygen atoms in total. The molecule has 0 bridgehead atoms. The Morgan fingerprint density at radius 1 is 1.33 bits per heavy atom. The molecule has 2 heterocycles. The van der Waals surface area contributed by atoms with E-state index in [-0.39, 0.29) is 0 Å². The van der Waals surface area contributed by atoms with Gasteiger partial charge in [-0.2, -0.15) is 0 Å². The molecule has 0 spiro atoms. The molecule has 0 aromatic carbocycles. The minimum atomic E-state index is -3.12. The Morgan fingerprint density at radius 2 is 2.06 bits per heavy atom. The highest BCUT2D eigenvalue weighted by atomic mass is 32.2. The van der Waals surface area contributed by atoms with Gasteiger partial charge in [-0.05, 0) is 12.1 Å². The van der Waals surface area contributed by atoms with Gasteiger partial charge in [0, 0.05) is 36.3 Å². The van der Waals surface area contributed by atoms with Crippen LogP contribution in [-0.2, 0) is 16.4 Å². The first kappa shape index (κ1) is 13.1. The fraction of sp³-hybridized carbons (Fsp3) is 0.273. The second kappa shape index (κ2) is 5.55. The summed E-state index contributed by atoms with van der Waals surface area (Å²) in [6, 6.07) is 3.79. The minimum absolute atomic E-state index is 0.377. The lowest BCUT2D eigenvalue weighted by molar-refractivity contribution is 0.588. The Labute approximate surface area is 110 Å². The van der Waals surface area contributed by atoms with Crippen LogP contribution >= 0.6 is 11.3 Å². The molecule has 0 saturated carbocycles. The van der Waals surface area contributed by atoms with Crippen LogP contribution in [0.5, 0.6) is 0 Å². The number of thiazole rings is 1. The van der Waals surface area contributed by atoms with E-state index >= 15 is 0 Å². The summed E-state index contributed by atoms with van der Waals surface area (Å²) >= 11 is 1.53. The summed E-state index contributed by atoms with van der Waals surface area (Å²) in [5.41, 5.74) is 1.92. The van der Waals surface area contributed by atoms with Gasteiger partial charge in [-0.1, -0.05) is 0 Å². The van der Waals surface area contributed by atoms with Crippen molar-refractivity contribution in [2.75, 3.05) is 12.8 Å². The third kappa shape index (κ3) is 3.86. The highest BCUT2D eigenvalue weighted by Crippen LogP contribution is 2.21. The van der Waals surface area contributed by atoms with E-state index in [1.807, 2.05) is 17.5 Å². The molecule has 0 unspecified atom stereocenters. The molecule has 2 rings (SSSR count). The van der Waals surface area contributed by atoms with Gasteiger partial charge in [-0.25, -0.2) is 18.1 Å². The summed E-state index contributed by atoms with van der Waals surface area (Å²) in [5.74, 6) is 0. The highest BCUT2D eigenvalue weighted by Gasteiger charge is 2.05. The van der Waals surface area contributed by atoms with Crippen LogP contribution in [0.3, 0.4) is 0 Å². The standard InChI is InChI=1S/C11H13N3O2S2/c1-18(15,16)13-7-4-11-14-10(8-17-11)9-2-5-12-6-3-9/h2-3,5-6,8,13H,4,7H2,1H3. The summed E-state index contributed by atoms with van der Waals surface area (Å²) in [6.45, 7) is 0.377. The lowest BCUT2D eigenvalue weighted by Crippen LogP contribution is -2.24. The van der Waals surface area contributed by atoms with E-state index in [9.17, 15) is 8.42 Å². The predicted molar refractivity (Wildman–Crippen MR) is 71.9 cm³/mol. The number of hydrogen-bond acceptors (Lipinski definition) is 5. The molecule has 1 N–H and O–H groups in total. The molecule has 96 valence electrons. The molecule has 0 aliphatic heterocycles. The quantitative estimate of drug-likeness (QED) is 0.897. The molecule has 7 heteroatoms. The Morgan fingerprint density at radius 3 is 2.72 bits per heavy atom. The van der Waals surface area contributed by atoms with Crippen molar-refractivity contribution in [2.24, 2.45) is 0 Å². The lowest BCUT2D eigenvalue weighted by Gasteiger charge is -1.99. The molecule has 0 aliphatic carbocycles. The van der Waals surface area contributed by atoms with Crippen LogP contribution in [0.4, 0.5) is 0 Å². The van der Waals surface area contributed by atoms with Gasteiger partial charge in [0.15, 0.2) is 0 Å². The van der Waals surface area contributed by atoms with Crippen molar-refractivity contribution in [1.29, 1.82) is 0 Å². The van der Waals surface area contributed by atoms with Crippen LogP contribution in [0.2, 0.25) is 0 Å². The number of nitrogens with one attached hydrogen (secondary N) is 1. The topological polar surface area (TPSA) is 72.0 Å². The van der Waals surface area contributed by atoms with E-state index in [4.69, 9.17) is 0 Å². The van der Waals surface area contributed by atoms with E-state index in [1.165, 1.54) is 11.3 Å². The Hall–Kier alpha value is -1.31. The molecule has 18 heavy (non-hydrogen) atoms. The number of nitrogens with zero attached hydrogens (tertiary/aromatic N) is 2. The third-order valence-corrected chi connectivity index (χ3v) is 3.87. The van der Waals surface area contributed by atoms with Crippen molar-refractivity contribution in [3.8, 4) is 11.3 Å². The van der Waals surface area contributed by atoms with Gasteiger partial charge in [-0.15, -0.1) is 11.3 Å². The summed E-state index contributed by atoms with van der Waals surface area (Å²) in [4.78, 5) is 8.41. The molecular weight excluding hydrogens is 270 g/mol. The SMILES string of the molecule is CS(=O)(=O)NCCc1nc(-c2ccncc2)cs1. The molecule has 0 aliphatic rings. The van der Waals surface area contributed by atoms with E-state index in [1.54, 1.807) is 12.4 Å². The van der Waals surface area contributed by atoms with Gasteiger partial charge < -0.3 is 0 Å². The molecule has 0 amide bonds. The van der Waals surface area contributed by atoms with Crippen LogP contribution in [0.15, 0.2) is 29.9 Å². The average molecular weight is 283 g/mol. The Bertz CT molecular complexity index is 608. The van der Waals surface area contributed by atoms with E-state index in [0.717, 1.165) is 22.5 Å². The second-order valence-electron chi connectivity index (χ2n) is 3.78.